The SMILES string of the molecule is Cc1cc(C)nc(-n2nc(C)c(CC(=O)Oc3c(C)ccc(C)c3C)c2C)n1. The van der Waals surface area contributed by atoms with Crippen molar-refractivity contribution in [3.8, 4) is 11.7 Å². The summed E-state index contributed by atoms with van der Waals surface area (Å²) >= 11 is 0. The average Bonchev–Trinajstić information content (AvgIpc) is 2.89. The number of hydrogen-bond donors (Lipinski definition) is 0. The summed E-state index contributed by atoms with van der Waals surface area (Å²) in [5.74, 6) is 0.859. The third-order valence-electron chi connectivity index (χ3n) is 5.01. The normalized spacial score (nSPS) is 11.0. The summed E-state index contributed by atoms with van der Waals surface area (Å²) < 4.78 is 7.41. The second-order valence-corrected chi connectivity index (χ2v) is 7.32. The predicted octanol–water partition coefficient (Wildman–Crippen LogP) is 3.97. The minimum Gasteiger partial charge on any atom is -0.426 e. The zero-order valence-corrected chi connectivity index (χ0v) is 17.5. The van der Waals surface area contributed by atoms with E-state index in [0.29, 0.717) is 11.7 Å². The van der Waals surface area contributed by atoms with Gasteiger partial charge in [0.2, 0.25) is 0 Å². The second kappa shape index (κ2) is 7.54. The zero-order valence-electron chi connectivity index (χ0n) is 17.5. The van der Waals surface area contributed by atoms with Crippen LogP contribution in [0.1, 0.15) is 45.0 Å². The van der Waals surface area contributed by atoms with Crippen molar-refractivity contribution in [3.63, 3.8) is 0 Å². The first kappa shape index (κ1) is 19.7. The molecule has 0 amide bonds. The lowest BCUT2D eigenvalue weighted by Gasteiger charge is -2.12. The molecule has 0 saturated heterocycles. The van der Waals surface area contributed by atoms with Crippen LogP contribution in [0, 0.1) is 48.5 Å². The summed E-state index contributed by atoms with van der Waals surface area (Å²) in [6.07, 6.45) is 0.148. The number of hydrogen-bond acceptors (Lipinski definition) is 5. The molecule has 0 aliphatic carbocycles. The lowest BCUT2D eigenvalue weighted by atomic mass is 10.1. The van der Waals surface area contributed by atoms with Gasteiger partial charge in [-0.05, 0) is 71.2 Å². The molecule has 6 nitrogen and oxygen atoms in total. The maximum absolute atomic E-state index is 12.7. The van der Waals surface area contributed by atoms with Gasteiger partial charge in [0.1, 0.15) is 5.75 Å². The Bertz CT molecular complexity index is 1050. The molecule has 3 aromatic rings. The molecule has 2 aromatic heterocycles. The molecule has 146 valence electrons. The molecule has 0 unspecified atom stereocenters. The molecule has 0 bridgehead atoms. The highest BCUT2D eigenvalue weighted by atomic mass is 16.5. The number of rotatable bonds is 4. The van der Waals surface area contributed by atoms with Crippen LogP contribution in [-0.4, -0.2) is 25.7 Å². The van der Waals surface area contributed by atoms with Crippen molar-refractivity contribution in [1.29, 1.82) is 0 Å². The van der Waals surface area contributed by atoms with Crippen LogP contribution in [0.3, 0.4) is 0 Å². The summed E-state index contributed by atoms with van der Waals surface area (Å²) in [6.45, 7) is 13.6. The van der Waals surface area contributed by atoms with Gasteiger partial charge < -0.3 is 4.74 Å². The van der Waals surface area contributed by atoms with Gasteiger partial charge in [0, 0.05) is 22.6 Å². The molecule has 1 aromatic carbocycles. The van der Waals surface area contributed by atoms with Gasteiger partial charge in [0.15, 0.2) is 0 Å². The van der Waals surface area contributed by atoms with E-state index in [1.807, 2.05) is 66.7 Å². The van der Waals surface area contributed by atoms with E-state index in [4.69, 9.17) is 4.74 Å². The Hall–Kier alpha value is -3.02. The van der Waals surface area contributed by atoms with E-state index in [1.165, 1.54) is 0 Å². The molecule has 0 atom stereocenters. The van der Waals surface area contributed by atoms with Gasteiger partial charge in [-0.1, -0.05) is 12.1 Å². The number of carbonyl (C=O) groups excluding carboxylic acids is 1. The van der Waals surface area contributed by atoms with E-state index >= 15 is 0 Å². The average molecular weight is 378 g/mol. The summed E-state index contributed by atoms with van der Waals surface area (Å²) in [4.78, 5) is 21.6. The van der Waals surface area contributed by atoms with Gasteiger partial charge in [-0.25, -0.2) is 14.6 Å². The van der Waals surface area contributed by atoms with Crippen molar-refractivity contribution in [2.75, 3.05) is 0 Å². The molecular formula is C22H26N4O2. The maximum atomic E-state index is 12.7. The molecule has 0 saturated carbocycles. The molecule has 0 N–H and O–H groups in total. The minimum atomic E-state index is -0.302. The number of nitrogens with zero attached hydrogens (tertiary/aromatic N) is 4. The predicted molar refractivity (Wildman–Crippen MR) is 108 cm³/mol. The summed E-state index contributed by atoms with van der Waals surface area (Å²) in [5, 5.41) is 4.56. The molecule has 0 spiro atoms. The van der Waals surface area contributed by atoms with Crippen LogP contribution in [0.5, 0.6) is 5.75 Å². The van der Waals surface area contributed by atoms with Gasteiger partial charge in [0.25, 0.3) is 5.95 Å². The Labute approximate surface area is 165 Å². The Balaban J connectivity index is 1.89. The van der Waals surface area contributed by atoms with Crippen LogP contribution in [0.4, 0.5) is 0 Å². The Morgan fingerprint density at radius 3 is 2.21 bits per heavy atom. The van der Waals surface area contributed by atoms with Crippen molar-refractivity contribution in [1.82, 2.24) is 19.7 Å². The topological polar surface area (TPSA) is 69.9 Å². The van der Waals surface area contributed by atoms with Gasteiger partial charge in [-0.15, -0.1) is 0 Å². The van der Waals surface area contributed by atoms with Gasteiger partial charge in [-0.3, -0.25) is 4.79 Å². The quantitative estimate of drug-likeness (QED) is 0.507. The maximum Gasteiger partial charge on any atom is 0.315 e. The Morgan fingerprint density at radius 1 is 0.964 bits per heavy atom. The van der Waals surface area contributed by atoms with E-state index in [0.717, 1.165) is 45.0 Å². The van der Waals surface area contributed by atoms with Crippen LogP contribution < -0.4 is 4.74 Å². The van der Waals surface area contributed by atoms with Crippen molar-refractivity contribution in [3.05, 3.63) is 63.2 Å². The number of aromatic nitrogens is 4. The number of benzene rings is 1. The molecule has 2 heterocycles. The van der Waals surface area contributed by atoms with Gasteiger partial charge in [0.05, 0.1) is 12.1 Å². The van der Waals surface area contributed by atoms with Crippen LogP contribution in [0.15, 0.2) is 18.2 Å². The highest BCUT2D eigenvalue weighted by Crippen LogP contribution is 2.26. The lowest BCUT2D eigenvalue weighted by molar-refractivity contribution is -0.133. The Morgan fingerprint density at radius 2 is 1.57 bits per heavy atom. The van der Waals surface area contributed by atoms with Crippen LogP contribution in [-0.2, 0) is 11.2 Å². The first-order valence-corrected chi connectivity index (χ1v) is 9.32. The lowest BCUT2D eigenvalue weighted by Crippen LogP contribution is -2.14. The molecule has 0 radical (unpaired) electrons. The highest BCUT2D eigenvalue weighted by molar-refractivity contribution is 5.76. The number of esters is 1. The third kappa shape index (κ3) is 3.81. The molecule has 6 heteroatoms. The summed E-state index contributed by atoms with van der Waals surface area (Å²) in [6, 6.07) is 5.92. The van der Waals surface area contributed by atoms with Crippen LogP contribution in [0.2, 0.25) is 0 Å². The molecule has 0 aliphatic rings. The van der Waals surface area contributed by atoms with E-state index in [9.17, 15) is 4.79 Å². The van der Waals surface area contributed by atoms with E-state index in [-0.39, 0.29) is 12.4 Å². The zero-order chi connectivity index (χ0) is 20.6. The Kier molecular flexibility index (Phi) is 5.31. The second-order valence-electron chi connectivity index (χ2n) is 7.32. The summed E-state index contributed by atoms with van der Waals surface area (Å²) in [5.41, 5.74) is 7.25. The largest absolute Gasteiger partial charge is 0.426 e. The number of carbonyl (C=O) groups is 1. The van der Waals surface area contributed by atoms with Crippen LogP contribution >= 0.6 is 0 Å². The molecule has 28 heavy (non-hydrogen) atoms. The molecule has 3 rings (SSSR count). The number of aryl methyl sites for hydroxylation is 5. The van der Waals surface area contributed by atoms with Gasteiger partial charge in [-0.2, -0.15) is 5.10 Å². The van der Waals surface area contributed by atoms with E-state index in [2.05, 4.69) is 15.1 Å². The fourth-order valence-corrected chi connectivity index (χ4v) is 3.30. The van der Waals surface area contributed by atoms with E-state index in [1.54, 1.807) is 4.68 Å². The first-order chi connectivity index (χ1) is 13.2. The molecule has 0 aliphatic heterocycles. The fraction of sp³-hybridized carbons (Fsp3) is 0.364. The van der Waals surface area contributed by atoms with Crippen molar-refractivity contribution < 1.29 is 9.53 Å². The summed E-state index contributed by atoms with van der Waals surface area (Å²) in [7, 11) is 0. The van der Waals surface area contributed by atoms with Crippen molar-refractivity contribution in [2.24, 2.45) is 0 Å². The van der Waals surface area contributed by atoms with Crippen molar-refractivity contribution >= 4 is 5.97 Å². The molecular weight excluding hydrogens is 352 g/mol. The third-order valence-corrected chi connectivity index (χ3v) is 5.01. The standard InChI is InChI=1S/C22H26N4O2/c1-12-8-9-13(2)21(16(12)5)28-20(27)11-19-17(6)25-26(18(19)7)22-23-14(3)10-15(4)24-22/h8-10H,11H2,1-7H3. The molecule has 0 fully saturated rings. The number of ether oxygens (including phenoxy) is 1. The highest BCUT2D eigenvalue weighted by Gasteiger charge is 2.20. The minimum absolute atomic E-state index is 0.148. The monoisotopic (exact) mass is 378 g/mol. The van der Waals surface area contributed by atoms with Crippen LogP contribution in [0.25, 0.3) is 5.95 Å². The first-order valence-electron chi connectivity index (χ1n) is 9.32. The van der Waals surface area contributed by atoms with E-state index < -0.39 is 0 Å². The van der Waals surface area contributed by atoms with Crippen molar-refractivity contribution in [2.45, 2.75) is 54.9 Å². The fourth-order valence-electron chi connectivity index (χ4n) is 3.30. The van der Waals surface area contributed by atoms with Gasteiger partial charge >= 0.3 is 5.97 Å². The smallest absolute Gasteiger partial charge is 0.315 e.